The lowest BCUT2D eigenvalue weighted by Crippen LogP contribution is -1.85. The van der Waals surface area contributed by atoms with Gasteiger partial charge in [-0.2, -0.15) is 0 Å². The summed E-state index contributed by atoms with van der Waals surface area (Å²) in [4.78, 5) is 10.2. The van der Waals surface area contributed by atoms with E-state index in [-0.39, 0.29) is 5.69 Å². The van der Waals surface area contributed by atoms with Crippen molar-refractivity contribution in [3.8, 4) is 0 Å². The molecule has 1 aromatic carbocycles. The molecule has 2 aromatic rings. The largest absolute Gasteiger partial charge is 0.289 e. The van der Waals surface area contributed by atoms with Gasteiger partial charge in [-0.05, 0) is 12.1 Å². The Morgan fingerprint density at radius 2 is 2.21 bits per heavy atom. The zero-order chi connectivity index (χ0) is 10.3. The number of benzene rings is 1. The molecule has 0 unspecified atom stereocenters. The molecule has 0 amide bonds. The number of nitro groups is 1. The van der Waals surface area contributed by atoms with Gasteiger partial charge in [-0.15, -0.1) is 11.3 Å². The van der Waals surface area contributed by atoms with Crippen molar-refractivity contribution in [2.75, 3.05) is 0 Å². The predicted octanol–water partition coefficient (Wildman–Crippen LogP) is 4.23. The number of rotatable bonds is 1. The van der Waals surface area contributed by atoms with Gasteiger partial charge in [0, 0.05) is 9.17 Å². The van der Waals surface area contributed by atoms with E-state index >= 15 is 0 Å². The van der Waals surface area contributed by atoms with E-state index < -0.39 is 4.92 Å². The van der Waals surface area contributed by atoms with Gasteiger partial charge in [-0.1, -0.05) is 27.5 Å². The van der Waals surface area contributed by atoms with Crippen LogP contribution in [0.5, 0.6) is 0 Å². The molecule has 0 atom stereocenters. The summed E-state index contributed by atoms with van der Waals surface area (Å²) in [5.74, 6) is 0. The maximum atomic E-state index is 10.7. The van der Waals surface area contributed by atoms with Crippen LogP contribution in [0.4, 0.5) is 5.69 Å². The molecule has 1 heterocycles. The van der Waals surface area contributed by atoms with Crippen molar-refractivity contribution in [2.24, 2.45) is 0 Å². The molecule has 0 saturated carbocycles. The van der Waals surface area contributed by atoms with E-state index in [1.54, 1.807) is 6.07 Å². The normalized spacial score (nSPS) is 10.7. The van der Waals surface area contributed by atoms with Crippen LogP contribution in [-0.2, 0) is 0 Å². The van der Waals surface area contributed by atoms with Gasteiger partial charge >= 0.3 is 0 Å². The highest BCUT2D eigenvalue weighted by atomic mass is 79.9. The van der Waals surface area contributed by atoms with Crippen molar-refractivity contribution in [3.05, 3.63) is 37.1 Å². The summed E-state index contributed by atoms with van der Waals surface area (Å²) in [5.41, 5.74) is 0.0718. The zero-order valence-electron chi connectivity index (χ0n) is 6.66. The Labute approximate surface area is 96.6 Å². The van der Waals surface area contributed by atoms with E-state index in [1.165, 1.54) is 16.7 Å². The quantitative estimate of drug-likeness (QED) is 0.583. The van der Waals surface area contributed by atoms with Gasteiger partial charge in [-0.3, -0.25) is 10.1 Å². The van der Waals surface area contributed by atoms with Gasteiger partial charge in [0.2, 0.25) is 0 Å². The molecule has 0 saturated heterocycles. The average molecular weight is 293 g/mol. The second kappa shape index (κ2) is 3.49. The molecule has 0 aliphatic heterocycles. The summed E-state index contributed by atoms with van der Waals surface area (Å²) in [5, 5.41) is 13.1. The Morgan fingerprint density at radius 1 is 1.50 bits per heavy atom. The van der Waals surface area contributed by atoms with Gasteiger partial charge in [0.25, 0.3) is 5.69 Å². The standard InChI is InChI=1S/C8H3BrClNO2S/c9-4-1-5(10)8-6(11(12)13)3-14-7(8)2-4/h1-3H. The van der Waals surface area contributed by atoms with Gasteiger partial charge in [-0.25, -0.2) is 0 Å². The van der Waals surface area contributed by atoms with Crippen molar-refractivity contribution in [2.45, 2.75) is 0 Å². The third-order valence-electron chi connectivity index (χ3n) is 1.77. The summed E-state index contributed by atoms with van der Waals surface area (Å²) < 4.78 is 1.64. The maximum absolute atomic E-state index is 10.7. The van der Waals surface area contributed by atoms with Crippen molar-refractivity contribution in [3.63, 3.8) is 0 Å². The fourth-order valence-electron chi connectivity index (χ4n) is 1.20. The van der Waals surface area contributed by atoms with Gasteiger partial charge in [0.05, 0.1) is 20.7 Å². The van der Waals surface area contributed by atoms with Crippen LogP contribution in [0.3, 0.4) is 0 Å². The fourth-order valence-corrected chi connectivity index (χ4v) is 3.29. The summed E-state index contributed by atoms with van der Waals surface area (Å²) in [6.07, 6.45) is 0. The average Bonchev–Trinajstić information content (AvgIpc) is 2.47. The minimum atomic E-state index is -0.418. The lowest BCUT2D eigenvalue weighted by molar-refractivity contribution is -0.382. The highest BCUT2D eigenvalue weighted by Crippen LogP contribution is 2.38. The Morgan fingerprint density at radius 3 is 2.86 bits per heavy atom. The number of halogens is 2. The van der Waals surface area contributed by atoms with Crippen LogP contribution in [0.25, 0.3) is 10.1 Å². The van der Waals surface area contributed by atoms with Crippen LogP contribution in [0.2, 0.25) is 5.02 Å². The Bertz CT molecular complexity index is 525. The molecule has 0 N–H and O–H groups in total. The first-order valence-corrected chi connectivity index (χ1v) is 5.65. The molecule has 2 rings (SSSR count). The van der Waals surface area contributed by atoms with Crippen LogP contribution >= 0.6 is 38.9 Å². The van der Waals surface area contributed by atoms with E-state index in [0.717, 1.165) is 9.17 Å². The highest BCUT2D eigenvalue weighted by molar-refractivity contribution is 9.10. The van der Waals surface area contributed by atoms with Crippen LogP contribution in [0.1, 0.15) is 0 Å². The van der Waals surface area contributed by atoms with Crippen molar-refractivity contribution < 1.29 is 4.92 Å². The van der Waals surface area contributed by atoms with Crippen LogP contribution < -0.4 is 0 Å². The van der Waals surface area contributed by atoms with E-state index in [9.17, 15) is 10.1 Å². The molecule has 0 radical (unpaired) electrons. The first kappa shape index (κ1) is 9.89. The molecule has 14 heavy (non-hydrogen) atoms. The topological polar surface area (TPSA) is 43.1 Å². The number of fused-ring (bicyclic) bond motifs is 1. The number of hydrogen-bond acceptors (Lipinski definition) is 3. The molecule has 3 nitrogen and oxygen atoms in total. The van der Waals surface area contributed by atoms with E-state index in [1.807, 2.05) is 6.07 Å². The molecule has 0 spiro atoms. The van der Waals surface area contributed by atoms with E-state index in [4.69, 9.17) is 11.6 Å². The first-order chi connectivity index (χ1) is 6.59. The van der Waals surface area contributed by atoms with Crippen LogP contribution in [0, 0.1) is 10.1 Å². The molecule has 1 aromatic heterocycles. The van der Waals surface area contributed by atoms with E-state index in [0.29, 0.717) is 10.4 Å². The molecule has 72 valence electrons. The molecule has 6 heteroatoms. The lowest BCUT2D eigenvalue weighted by atomic mass is 10.2. The Hall–Kier alpha value is -0.650. The SMILES string of the molecule is O=[N+]([O-])c1csc2cc(Br)cc(Cl)c12. The number of thiophene rings is 1. The van der Waals surface area contributed by atoms with E-state index in [2.05, 4.69) is 15.9 Å². The summed E-state index contributed by atoms with van der Waals surface area (Å²) in [6, 6.07) is 3.47. The van der Waals surface area contributed by atoms with Crippen molar-refractivity contribution >= 4 is 54.6 Å². The van der Waals surface area contributed by atoms with Gasteiger partial charge in [0.15, 0.2) is 0 Å². The molecule has 0 aliphatic rings. The third kappa shape index (κ3) is 1.51. The maximum Gasteiger partial charge on any atom is 0.289 e. The molecule has 0 bridgehead atoms. The molecular weight excluding hydrogens is 290 g/mol. The first-order valence-electron chi connectivity index (χ1n) is 3.60. The third-order valence-corrected chi connectivity index (χ3v) is 3.44. The van der Waals surface area contributed by atoms with Gasteiger partial charge < -0.3 is 0 Å². The summed E-state index contributed by atoms with van der Waals surface area (Å²) in [7, 11) is 0. The monoisotopic (exact) mass is 291 g/mol. The zero-order valence-corrected chi connectivity index (χ0v) is 9.82. The number of hydrogen-bond donors (Lipinski definition) is 0. The van der Waals surface area contributed by atoms with Gasteiger partial charge in [0.1, 0.15) is 0 Å². The number of nitrogens with zero attached hydrogens (tertiary/aromatic N) is 1. The molecule has 0 fully saturated rings. The Balaban J connectivity index is 2.85. The minimum Gasteiger partial charge on any atom is -0.258 e. The smallest absolute Gasteiger partial charge is 0.258 e. The van der Waals surface area contributed by atoms with Crippen LogP contribution in [-0.4, -0.2) is 4.92 Å². The minimum absolute atomic E-state index is 0.0718. The Kier molecular flexibility index (Phi) is 2.47. The summed E-state index contributed by atoms with van der Waals surface area (Å²) >= 11 is 10.5. The molecule has 0 aliphatic carbocycles. The molecular formula is C8H3BrClNO2S. The predicted molar refractivity (Wildman–Crippen MR) is 61.2 cm³/mol. The second-order valence-electron chi connectivity index (χ2n) is 2.64. The summed E-state index contributed by atoms with van der Waals surface area (Å²) in [6.45, 7) is 0. The lowest BCUT2D eigenvalue weighted by Gasteiger charge is -1.95. The highest BCUT2D eigenvalue weighted by Gasteiger charge is 2.17. The van der Waals surface area contributed by atoms with Crippen molar-refractivity contribution in [1.29, 1.82) is 0 Å². The fraction of sp³-hybridized carbons (Fsp3) is 0. The second-order valence-corrected chi connectivity index (χ2v) is 4.87. The van der Waals surface area contributed by atoms with Crippen LogP contribution in [0.15, 0.2) is 22.0 Å². The van der Waals surface area contributed by atoms with Crippen molar-refractivity contribution in [1.82, 2.24) is 0 Å².